The molecule has 0 radical (unpaired) electrons. The lowest BCUT2D eigenvalue weighted by atomic mass is 10.2. The van der Waals surface area contributed by atoms with Crippen LogP contribution in [0.3, 0.4) is 0 Å². The summed E-state index contributed by atoms with van der Waals surface area (Å²) >= 11 is 6.41. The monoisotopic (exact) mass is 456 g/mol. The van der Waals surface area contributed by atoms with E-state index in [1.54, 1.807) is 0 Å². The van der Waals surface area contributed by atoms with Crippen LogP contribution in [0.1, 0.15) is 11.1 Å². The first-order valence-corrected chi connectivity index (χ1v) is 9.45. The third-order valence-electron chi connectivity index (χ3n) is 3.92. The molecule has 1 heterocycles. The highest BCUT2D eigenvalue weighted by molar-refractivity contribution is 8.18. The second-order valence-electron chi connectivity index (χ2n) is 6.11. The normalized spacial score (nSPS) is 15.7. The number of alkyl halides is 3. The minimum atomic E-state index is -4.57. The molecule has 2 aromatic carbocycles. The molecule has 1 saturated heterocycles. The van der Waals surface area contributed by atoms with Gasteiger partial charge in [-0.25, -0.2) is 0 Å². The molecule has 3 rings (SSSR count). The highest BCUT2D eigenvalue weighted by Crippen LogP contribution is 2.34. The maximum atomic E-state index is 12.8. The Kier molecular flexibility index (Phi) is 6.09. The topological polar surface area (TPSA) is 86.7 Å². The molecule has 1 aliphatic heterocycles. The first-order chi connectivity index (χ1) is 14.0. The van der Waals surface area contributed by atoms with Crippen molar-refractivity contribution in [2.75, 3.05) is 11.9 Å². The Morgan fingerprint density at radius 2 is 1.93 bits per heavy atom. The van der Waals surface area contributed by atoms with E-state index in [-0.39, 0.29) is 21.4 Å². The maximum Gasteiger partial charge on any atom is 0.416 e. The smallest absolute Gasteiger partial charge is 0.416 e. The second kappa shape index (κ2) is 8.41. The standard InChI is InChI=1S/C19H12ClF3N2O4S/c20-13-6-10(4-5-14(13)26)7-15-17(28)25(18(29)30-15)9-16(27)24-12-3-1-2-11(8-12)19(21,22)23/h1-8,26H,9H2,(H,24,27)/b15-7-. The van der Waals surface area contributed by atoms with Gasteiger partial charge in [0.1, 0.15) is 12.3 Å². The number of phenolic OH excluding ortho intramolecular Hbond substituents is 1. The van der Waals surface area contributed by atoms with Crippen LogP contribution in [0.5, 0.6) is 5.75 Å². The molecule has 0 unspecified atom stereocenters. The Balaban J connectivity index is 1.70. The number of carbonyl (C=O) groups excluding carboxylic acids is 3. The van der Waals surface area contributed by atoms with Gasteiger partial charge in [0.15, 0.2) is 0 Å². The Hall–Kier alpha value is -2.98. The third kappa shape index (κ3) is 4.95. The molecule has 2 aromatic rings. The van der Waals surface area contributed by atoms with Crippen LogP contribution in [0, 0.1) is 0 Å². The minimum Gasteiger partial charge on any atom is -0.506 e. The second-order valence-corrected chi connectivity index (χ2v) is 7.51. The Morgan fingerprint density at radius 1 is 1.20 bits per heavy atom. The third-order valence-corrected chi connectivity index (χ3v) is 5.13. The van der Waals surface area contributed by atoms with E-state index in [1.807, 2.05) is 0 Å². The van der Waals surface area contributed by atoms with Gasteiger partial charge in [-0.15, -0.1) is 0 Å². The summed E-state index contributed by atoms with van der Waals surface area (Å²) in [5, 5.41) is 11.0. The number of carbonyl (C=O) groups is 3. The van der Waals surface area contributed by atoms with Crippen LogP contribution in [0.15, 0.2) is 47.4 Å². The predicted octanol–water partition coefficient (Wildman–Crippen LogP) is 4.74. The van der Waals surface area contributed by atoms with Crippen molar-refractivity contribution in [3.63, 3.8) is 0 Å². The molecule has 11 heteroatoms. The number of amides is 3. The first kappa shape index (κ1) is 21.7. The lowest BCUT2D eigenvalue weighted by Gasteiger charge is -2.13. The van der Waals surface area contributed by atoms with E-state index in [0.29, 0.717) is 22.2 Å². The quantitative estimate of drug-likeness (QED) is 0.649. The number of thioether (sulfide) groups is 1. The largest absolute Gasteiger partial charge is 0.506 e. The van der Waals surface area contributed by atoms with E-state index in [0.717, 1.165) is 18.2 Å². The summed E-state index contributed by atoms with van der Waals surface area (Å²) in [6.45, 7) is -0.658. The zero-order valence-corrected chi connectivity index (χ0v) is 16.4. The van der Waals surface area contributed by atoms with Crippen LogP contribution < -0.4 is 5.32 Å². The van der Waals surface area contributed by atoms with Crippen molar-refractivity contribution in [3.05, 3.63) is 63.5 Å². The predicted molar refractivity (Wildman–Crippen MR) is 106 cm³/mol. The van der Waals surface area contributed by atoms with Crippen molar-refractivity contribution in [3.8, 4) is 5.75 Å². The highest BCUT2D eigenvalue weighted by atomic mass is 35.5. The lowest BCUT2D eigenvalue weighted by Crippen LogP contribution is -2.36. The maximum absolute atomic E-state index is 12.8. The number of hydrogen-bond acceptors (Lipinski definition) is 5. The minimum absolute atomic E-state index is 0.0358. The van der Waals surface area contributed by atoms with Gasteiger partial charge in [0.05, 0.1) is 15.5 Å². The molecule has 1 aliphatic rings. The number of phenols is 1. The molecule has 0 aromatic heterocycles. The number of halogens is 4. The number of anilines is 1. The Bertz CT molecular complexity index is 1070. The molecule has 0 aliphatic carbocycles. The van der Waals surface area contributed by atoms with Gasteiger partial charge in [0, 0.05) is 5.69 Å². The Morgan fingerprint density at radius 3 is 2.60 bits per heavy atom. The molecule has 1 fully saturated rings. The zero-order chi connectivity index (χ0) is 22.1. The van der Waals surface area contributed by atoms with Crippen LogP contribution in [0.25, 0.3) is 6.08 Å². The van der Waals surface area contributed by atoms with Gasteiger partial charge >= 0.3 is 6.18 Å². The van der Waals surface area contributed by atoms with Gasteiger partial charge in [0.2, 0.25) is 5.91 Å². The van der Waals surface area contributed by atoms with Crippen molar-refractivity contribution in [2.45, 2.75) is 6.18 Å². The van der Waals surface area contributed by atoms with Gasteiger partial charge in [0.25, 0.3) is 11.1 Å². The van der Waals surface area contributed by atoms with Crippen LogP contribution in [0.2, 0.25) is 5.02 Å². The number of rotatable bonds is 4. The van der Waals surface area contributed by atoms with Gasteiger partial charge in [-0.1, -0.05) is 23.7 Å². The molecule has 0 spiro atoms. The number of hydrogen-bond donors (Lipinski definition) is 2. The van der Waals surface area contributed by atoms with Crippen molar-refractivity contribution in [1.29, 1.82) is 0 Å². The summed E-state index contributed by atoms with van der Waals surface area (Å²) < 4.78 is 38.3. The summed E-state index contributed by atoms with van der Waals surface area (Å²) in [6.07, 6.45) is -3.20. The first-order valence-electron chi connectivity index (χ1n) is 8.25. The van der Waals surface area contributed by atoms with E-state index in [2.05, 4.69) is 5.32 Å². The molecule has 0 atom stereocenters. The fourth-order valence-electron chi connectivity index (χ4n) is 2.52. The molecule has 30 heavy (non-hydrogen) atoms. The fraction of sp³-hybridized carbons (Fsp3) is 0.105. The van der Waals surface area contributed by atoms with Crippen LogP contribution in [-0.4, -0.2) is 33.6 Å². The molecular formula is C19H12ClF3N2O4S. The summed E-state index contributed by atoms with van der Waals surface area (Å²) in [5.41, 5.74) is -0.602. The summed E-state index contributed by atoms with van der Waals surface area (Å²) in [4.78, 5) is 37.4. The SMILES string of the molecule is O=C(CN1C(=O)S/C(=C\c2ccc(O)c(Cl)c2)C1=O)Nc1cccc(C(F)(F)F)c1. The number of nitrogens with zero attached hydrogens (tertiary/aromatic N) is 1. The summed E-state index contributed by atoms with van der Waals surface area (Å²) in [7, 11) is 0. The van der Waals surface area contributed by atoms with Crippen molar-refractivity contribution < 1.29 is 32.7 Å². The van der Waals surface area contributed by atoms with E-state index >= 15 is 0 Å². The molecule has 3 amide bonds. The number of imide groups is 1. The van der Waals surface area contributed by atoms with Crippen LogP contribution in [-0.2, 0) is 15.8 Å². The van der Waals surface area contributed by atoms with Crippen molar-refractivity contribution >= 4 is 52.2 Å². The average Bonchev–Trinajstić information content (AvgIpc) is 2.91. The molecule has 0 bridgehead atoms. The van der Waals surface area contributed by atoms with Gasteiger partial charge in [-0.2, -0.15) is 13.2 Å². The fourth-order valence-corrected chi connectivity index (χ4v) is 3.55. The van der Waals surface area contributed by atoms with E-state index < -0.39 is 35.3 Å². The summed E-state index contributed by atoms with van der Waals surface area (Å²) in [6, 6.07) is 8.19. The Labute approximate surface area is 177 Å². The zero-order valence-electron chi connectivity index (χ0n) is 14.9. The number of benzene rings is 2. The van der Waals surface area contributed by atoms with E-state index in [1.165, 1.54) is 30.3 Å². The lowest BCUT2D eigenvalue weighted by molar-refractivity contribution is -0.137. The van der Waals surface area contributed by atoms with Crippen LogP contribution >= 0.6 is 23.4 Å². The van der Waals surface area contributed by atoms with E-state index in [9.17, 15) is 32.7 Å². The summed E-state index contributed by atoms with van der Waals surface area (Å²) in [5.74, 6) is -1.70. The van der Waals surface area contributed by atoms with Gasteiger partial charge in [-0.05, 0) is 53.7 Å². The van der Waals surface area contributed by atoms with Gasteiger partial charge < -0.3 is 10.4 Å². The average molecular weight is 457 g/mol. The molecule has 2 N–H and O–H groups in total. The number of nitrogens with one attached hydrogen (secondary N) is 1. The highest BCUT2D eigenvalue weighted by Gasteiger charge is 2.36. The number of aromatic hydroxyl groups is 1. The van der Waals surface area contributed by atoms with Gasteiger partial charge in [-0.3, -0.25) is 19.3 Å². The van der Waals surface area contributed by atoms with E-state index in [4.69, 9.17) is 11.6 Å². The van der Waals surface area contributed by atoms with Crippen LogP contribution in [0.4, 0.5) is 23.7 Å². The molecule has 0 saturated carbocycles. The molecule has 156 valence electrons. The molecular weight excluding hydrogens is 445 g/mol. The van der Waals surface area contributed by atoms with Crippen molar-refractivity contribution in [1.82, 2.24) is 4.90 Å². The van der Waals surface area contributed by atoms with Crippen molar-refractivity contribution in [2.24, 2.45) is 0 Å². The molecule has 6 nitrogen and oxygen atoms in total.